The summed E-state index contributed by atoms with van der Waals surface area (Å²) in [5.41, 5.74) is 0.314. The van der Waals surface area contributed by atoms with Gasteiger partial charge in [0, 0.05) is 20.6 Å². The number of nitrogens with one attached hydrogen (secondary N) is 1. The fraction of sp³-hybridized carbons (Fsp3) is 0.385. The van der Waals surface area contributed by atoms with Gasteiger partial charge < -0.3 is 15.3 Å². The summed E-state index contributed by atoms with van der Waals surface area (Å²) in [6, 6.07) is 3.53. The van der Waals surface area contributed by atoms with E-state index in [4.69, 9.17) is 0 Å². The highest BCUT2D eigenvalue weighted by Gasteiger charge is 2.38. The summed E-state index contributed by atoms with van der Waals surface area (Å²) >= 11 is 0. The quantitative estimate of drug-likeness (QED) is 0.508. The van der Waals surface area contributed by atoms with E-state index in [1.54, 1.807) is 19.4 Å². The highest BCUT2D eigenvalue weighted by molar-refractivity contribution is 8.93. The van der Waals surface area contributed by atoms with Crippen molar-refractivity contribution in [2.75, 3.05) is 20.6 Å². The zero-order valence-electron chi connectivity index (χ0n) is 13.2. The number of phenolic OH excluding ortho intramolecular Hbond substituents is 1. The Hall–Kier alpha value is -1.82. The van der Waals surface area contributed by atoms with Crippen molar-refractivity contribution in [3.8, 4) is 5.75 Å². The molecule has 0 heterocycles. The molecule has 25 heavy (non-hydrogen) atoms. The van der Waals surface area contributed by atoms with Crippen molar-refractivity contribution in [2.24, 2.45) is 4.40 Å². The maximum Gasteiger partial charge on any atom is 0.471 e. The Morgan fingerprint density at radius 2 is 1.96 bits per heavy atom. The predicted molar refractivity (Wildman–Crippen MR) is 90.6 cm³/mol. The van der Waals surface area contributed by atoms with Crippen molar-refractivity contribution in [3.63, 3.8) is 0 Å². The third kappa shape index (κ3) is 7.30. The molecule has 1 aromatic carbocycles. The molecule has 1 rings (SSSR count). The summed E-state index contributed by atoms with van der Waals surface area (Å²) in [5, 5.41) is 11.3. The van der Waals surface area contributed by atoms with E-state index in [1.807, 2.05) is 0 Å². The number of rotatable bonds is 6. The van der Waals surface area contributed by atoms with Crippen LogP contribution in [-0.4, -0.2) is 57.5 Å². The second kappa shape index (κ2) is 9.04. The highest BCUT2D eigenvalue weighted by Crippen LogP contribution is 2.25. The number of phenols is 1. The third-order valence-corrected chi connectivity index (χ3v) is 3.93. The number of hydrogen-bond acceptors (Lipinski definition) is 4. The predicted octanol–water partition coefficient (Wildman–Crippen LogP) is 1.47. The fourth-order valence-electron chi connectivity index (χ4n) is 1.55. The van der Waals surface area contributed by atoms with Gasteiger partial charge in [0.2, 0.25) is 0 Å². The molecule has 0 aliphatic carbocycles. The van der Waals surface area contributed by atoms with Crippen LogP contribution in [0.5, 0.6) is 5.75 Å². The van der Waals surface area contributed by atoms with Gasteiger partial charge >= 0.3 is 12.1 Å². The minimum Gasteiger partial charge on any atom is -0.507 e. The molecule has 0 atom stereocenters. The summed E-state index contributed by atoms with van der Waals surface area (Å²) in [6.45, 7) is -0.344. The van der Waals surface area contributed by atoms with Crippen LogP contribution in [-0.2, 0) is 21.2 Å². The number of alkyl halides is 3. The highest BCUT2D eigenvalue weighted by atomic mass is 79.9. The molecule has 0 spiro atoms. The summed E-state index contributed by atoms with van der Waals surface area (Å²) in [4.78, 5) is 11.6. The SMILES string of the molecule is Br.CN(C)C=NS(=O)(=O)c1cc(CCNC(=O)C(F)(F)F)ccc1O. The Morgan fingerprint density at radius 3 is 2.48 bits per heavy atom. The van der Waals surface area contributed by atoms with E-state index >= 15 is 0 Å². The summed E-state index contributed by atoms with van der Waals surface area (Å²) in [5.74, 6) is -2.61. The van der Waals surface area contributed by atoms with Gasteiger partial charge in [0.1, 0.15) is 17.0 Å². The number of benzene rings is 1. The minimum atomic E-state index is -4.98. The first-order valence-electron chi connectivity index (χ1n) is 6.57. The zero-order chi connectivity index (χ0) is 18.5. The smallest absolute Gasteiger partial charge is 0.471 e. The monoisotopic (exact) mass is 447 g/mol. The molecule has 12 heteroatoms. The summed E-state index contributed by atoms with van der Waals surface area (Å²) in [7, 11) is -1.05. The first-order valence-corrected chi connectivity index (χ1v) is 8.01. The standard InChI is InChI=1S/C13H16F3N3O4S.BrH/c1-19(2)8-18-24(22,23)11-7-9(3-4-10(11)20)5-6-17-12(21)13(14,15)16;/h3-4,7-8,20H,5-6H2,1-2H3,(H,17,21);1H. The Labute approximate surface area is 153 Å². The number of nitrogens with zero attached hydrogens (tertiary/aromatic N) is 2. The van der Waals surface area contributed by atoms with Gasteiger partial charge in [-0.2, -0.15) is 21.6 Å². The average molecular weight is 448 g/mol. The van der Waals surface area contributed by atoms with E-state index < -0.39 is 32.8 Å². The van der Waals surface area contributed by atoms with Crippen molar-refractivity contribution in [3.05, 3.63) is 23.8 Å². The number of carbonyl (C=O) groups excluding carboxylic acids is 1. The molecular formula is C13H17BrF3N3O4S. The third-order valence-electron chi connectivity index (χ3n) is 2.68. The molecule has 0 fully saturated rings. The Balaban J connectivity index is 0.00000576. The minimum absolute atomic E-state index is 0. The topological polar surface area (TPSA) is 99.1 Å². The van der Waals surface area contributed by atoms with Crippen LogP contribution < -0.4 is 5.32 Å². The first kappa shape index (κ1) is 23.2. The molecule has 0 aliphatic heterocycles. The fourth-order valence-corrected chi connectivity index (χ4v) is 2.61. The molecule has 0 unspecified atom stereocenters. The van der Waals surface area contributed by atoms with Crippen LogP contribution >= 0.6 is 17.0 Å². The molecule has 1 aromatic rings. The molecule has 0 bridgehead atoms. The molecular weight excluding hydrogens is 431 g/mol. The van der Waals surface area contributed by atoms with Crippen molar-refractivity contribution in [2.45, 2.75) is 17.5 Å². The van der Waals surface area contributed by atoms with Crippen LogP contribution in [0.1, 0.15) is 5.56 Å². The lowest BCUT2D eigenvalue weighted by atomic mass is 10.1. The van der Waals surface area contributed by atoms with E-state index in [0.717, 1.165) is 18.5 Å². The van der Waals surface area contributed by atoms with Crippen LogP contribution in [0, 0.1) is 0 Å². The van der Waals surface area contributed by atoms with E-state index in [0.29, 0.717) is 5.56 Å². The number of halogens is 4. The Bertz CT molecular complexity index is 737. The van der Waals surface area contributed by atoms with Gasteiger partial charge in [-0.3, -0.25) is 4.79 Å². The lowest BCUT2D eigenvalue weighted by molar-refractivity contribution is -0.173. The van der Waals surface area contributed by atoms with Gasteiger partial charge in [0.25, 0.3) is 10.0 Å². The zero-order valence-corrected chi connectivity index (χ0v) is 15.8. The number of carbonyl (C=O) groups is 1. The van der Waals surface area contributed by atoms with Crippen molar-refractivity contribution in [1.82, 2.24) is 10.2 Å². The molecule has 0 saturated heterocycles. The van der Waals surface area contributed by atoms with Gasteiger partial charge in [0.05, 0.1) is 0 Å². The lowest BCUT2D eigenvalue weighted by Crippen LogP contribution is -2.37. The Morgan fingerprint density at radius 1 is 1.36 bits per heavy atom. The van der Waals surface area contributed by atoms with Crippen LogP contribution in [0.4, 0.5) is 13.2 Å². The van der Waals surface area contributed by atoms with E-state index in [2.05, 4.69) is 4.40 Å². The molecule has 142 valence electrons. The van der Waals surface area contributed by atoms with Crippen LogP contribution in [0.2, 0.25) is 0 Å². The number of amides is 1. The molecule has 7 nitrogen and oxygen atoms in total. The van der Waals surface area contributed by atoms with E-state index in [9.17, 15) is 31.5 Å². The van der Waals surface area contributed by atoms with Gasteiger partial charge in [0.15, 0.2) is 0 Å². The van der Waals surface area contributed by atoms with Gasteiger partial charge in [-0.05, 0) is 24.1 Å². The maximum atomic E-state index is 12.1. The largest absolute Gasteiger partial charge is 0.507 e. The molecule has 0 aromatic heterocycles. The van der Waals surface area contributed by atoms with Gasteiger partial charge in [-0.1, -0.05) is 6.07 Å². The normalized spacial score (nSPS) is 11.9. The van der Waals surface area contributed by atoms with E-state index in [-0.39, 0.29) is 29.9 Å². The molecule has 0 saturated carbocycles. The molecule has 0 aliphatic rings. The summed E-state index contributed by atoms with van der Waals surface area (Å²) in [6.07, 6.45) is -4.00. The molecule has 2 N–H and O–H groups in total. The van der Waals surface area contributed by atoms with Crippen molar-refractivity contribution >= 4 is 39.3 Å². The lowest BCUT2D eigenvalue weighted by Gasteiger charge is -2.09. The Kier molecular flexibility index (Phi) is 8.38. The molecule has 0 radical (unpaired) electrons. The molecule has 1 amide bonds. The summed E-state index contributed by atoms with van der Waals surface area (Å²) < 4.78 is 63.6. The number of aromatic hydroxyl groups is 1. The van der Waals surface area contributed by atoms with Crippen LogP contribution in [0.15, 0.2) is 27.5 Å². The average Bonchev–Trinajstić information content (AvgIpc) is 2.45. The van der Waals surface area contributed by atoms with Crippen LogP contribution in [0.25, 0.3) is 0 Å². The number of hydrogen-bond donors (Lipinski definition) is 2. The second-order valence-electron chi connectivity index (χ2n) is 4.97. The first-order chi connectivity index (χ1) is 10.9. The maximum absolute atomic E-state index is 12.1. The van der Waals surface area contributed by atoms with Crippen molar-refractivity contribution < 1.29 is 31.5 Å². The van der Waals surface area contributed by atoms with E-state index in [1.165, 1.54) is 11.0 Å². The van der Waals surface area contributed by atoms with Crippen LogP contribution in [0.3, 0.4) is 0 Å². The van der Waals surface area contributed by atoms with Crippen molar-refractivity contribution in [1.29, 1.82) is 0 Å². The van der Waals surface area contributed by atoms with Gasteiger partial charge in [-0.25, -0.2) is 0 Å². The van der Waals surface area contributed by atoms with Gasteiger partial charge in [-0.15, -0.1) is 21.4 Å². The number of sulfonamides is 1. The second-order valence-corrected chi connectivity index (χ2v) is 6.57.